The number of amides is 1. The lowest BCUT2D eigenvalue weighted by Crippen LogP contribution is -2.45. The van der Waals surface area contributed by atoms with Gasteiger partial charge in [0.15, 0.2) is 5.78 Å². The largest absolute Gasteiger partial charge is 0.312 e. The van der Waals surface area contributed by atoms with Gasteiger partial charge in [0.2, 0.25) is 5.91 Å². The minimum atomic E-state index is -0.721. The van der Waals surface area contributed by atoms with E-state index in [1.807, 2.05) is 37.3 Å². The Balaban J connectivity index is 2.23. The number of hydrogen-bond donors (Lipinski definition) is 0. The van der Waals surface area contributed by atoms with Gasteiger partial charge in [-0.15, -0.1) is 0 Å². The molecule has 1 heterocycles. The molecule has 1 fully saturated rings. The number of hydrogen-bond acceptors (Lipinski definition) is 3. The van der Waals surface area contributed by atoms with Crippen molar-refractivity contribution in [3.05, 3.63) is 29.8 Å². The number of carbonyl (C=O) groups is 2. The van der Waals surface area contributed by atoms with Crippen molar-refractivity contribution >= 4 is 17.4 Å². The van der Waals surface area contributed by atoms with Gasteiger partial charge >= 0.3 is 0 Å². The van der Waals surface area contributed by atoms with Gasteiger partial charge in [0.1, 0.15) is 5.92 Å². The Labute approximate surface area is 119 Å². The summed E-state index contributed by atoms with van der Waals surface area (Å²) in [4.78, 5) is 26.3. The van der Waals surface area contributed by atoms with E-state index in [-0.39, 0.29) is 11.7 Å². The molecule has 1 aliphatic rings. The molecule has 0 spiro atoms. The maximum Gasteiger partial charge on any atom is 0.237 e. The molecular formula is C16H18N2O2. The predicted molar refractivity (Wildman–Crippen MR) is 76.0 cm³/mol. The van der Waals surface area contributed by atoms with E-state index in [2.05, 4.69) is 0 Å². The molecule has 0 bridgehead atoms. The predicted octanol–water partition coefficient (Wildman–Crippen LogP) is 2.47. The van der Waals surface area contributed by atoms with Crippen molar-refractivity contribution in [2.24, 2.45) is 11.8 Å². The van der Waals surface area contributed by atoms with Gasteiger partial charge in [0.05, 0.1) is 12.0 Å². The third-order valence-corrected chi connectivity index (χ3v) is 3.72. The van der Waals surface area contributed by atoms with Gasteiger partial charge < -0.3 is 4.90 Å². The molecule has 1 aliphatic heterocycles. The Morgan fingerprint density at radius 1 is 1.50 bits per heavy atom. The number of anilines is 1. The average Bonchev–Trinajstić information content (AvgIpc) is 2.46. The summed E-state index contributed by atoms with van der Waals surface area (Å²) in [7, 11) is 0. The molecule has 4 heteroatoms. The van der Waals surface area contributed by atoms with Crippen LogP contribution in [0, 0.1) is 30.1 Å². The summed E-state index contributed by atoms with van der Waals surface area (Å²) in [5.74, 6) is -1.82. The fourth-order valence-corrected chi connectivity index (χ4v) is 2.56. The Bertz CT molecular complexity index is 574. The first kappa shape index (κ1) is 14.3. The molecule has 0 saturated carbocycles. The van der Waals surface area contributed by atoms with Crippen LogP contribution in [-0.2, 0) is 9.59 Å². The highest BCUT2D eigenvalue weighted by molar-refractivity contribution is 6.10. The fraction of sp³-hybridized carbons (Fsp3) is 0.438. The van der Waals surface area contributed by atoms with Crippen LogP contribution in [0.4, 0.5) is 5.69 Å². The summed E-state index contributed by atoms with van der Waals surface area (Å²) in [6, 6.07) is 9.62. The fourth-order valence-electron chi connectivity index (χ4n) is 2.56. The summed E-state index contributed by atoms with van der Waals surface area (Å²) in [5.41, 5.74) is 1.91. The standard InChI is InChI=1S/C16H18N2O2/c1-11-5-3-6-13(9-11)18-8-4-7-14(16(18)20)15(19)12(2)10-17/h3,5-6,9,12,14H,4,7-8H2,1-2H3/t12-,14-/m0/s1. The van der Waals surface area contributed by atoms with Crippen molar-refractivity contribution in [2.45, 2.75) is 26.7 Å². The third kappa shape index (κ3) is 2.72. The summed E-state index contributed by atoms with van der Waals surface area (Å²) in [5, 5.41) is 8.85. The number of piperidine rings is 1. The number of ketones is 1. The third-order valence-electron chi connectivity index (χ3n) is 3.72. The van der Waals surface area contributed by atoms with Gasteiger partial charge in [-0.3, -0.25) is 9.59 Å². The van der Waals surface area contributed by atoms with Crippen molar-refractivity contribution in [1.29, 1.82) is 5.26 Å². The highest BCUT2D eigenvalue weighted by Gasteiger charge is 2.36. The molecule has 4 nitrogen and oxygen atoms in total. The summed E-state index contributed by atoms with van der Waals surface area (Å²) >= 11 is 0. The molecule has 0 N–H and O–H groups in total. The van der Waals surface area contributed by atoms with Gasteiger partial charge in [-0.25, -0.2) is 0 Å². The van der Waals surface area contributed by atoms with Crippen LogP contribution in [0.3, 0.4) is 0 Å². The van der Waals surface area contributed by atoms with E-state index in [1.54, 1.807) is 11.8 Å². The zero-order chi connectivity index (χ0) is 14.7. The van der Waals surface area contributed by atoms with Crippen LogP contribution < -0.4 is 4.90 Å². The second-order valence-electron chi connectivity index (χ2n) is 5.28. The van der Waals surface area contributed by atoms with Crippen molar-refractivity contribution in [3.63, 3.8) is 0 Å². The van der Waals surface area contributed by atoms with E-state index in [9.17, 15) is 9.59 Å². The van der Waals surface area contributed by atoms with Crippen LogP contribution in [0.2, 0.25) is 0 Å². The summed E-state index contributed by atoms with van der Waals surface area (Å²) in [6.45, 7) is 4.16. The van der Waals surface area contributed by atoms with Crippen LogP contribution in [0.25, 0.3) is 0 Å². The van der Waals surface area contributed by atoms with Crippen molar-refractivity contribution < 1.29 is 9.59 Å². The lowest BCUT2D eigenvalue weighted by atomic mass is 9.87. The van der Waals surface area contributed by atoms with Gasteiger partial charge in [-0.1, -0.05) is 12.1 Å². The molecule has 0 unspecified atom stereocenters. The first-order valence-electron chi connectivity index (χ1n) is 6.86. The monoisotopic (exact) mass is 270 g/mol. The van der Waals surface area contributed by atoms with Gasteiger partial charge in [-0.05, 0) is 44.4 Å². The molecule has 1 aromatic rings. The topological polar surface area (TPSA) is 61.2 Å². The number of aryl methyl sites for hydroxylation is 1. The normalized spacial score (nSPS) is 20.4. The summed E-state index contributed by atoms with van der Waals surface area (Å²) < 4.78 is 0. The molecule has 0 aliphatic carbocycles. The van der Waals surface area contributed by atoms with Gasteiger partial charge in [0.25, 0.3) is 0 Å². The molecule has 1 amide bonds. The average molecular weight is 270 g/mol. The lowest BCUT2D eigenvalue weighted by molar-refractivity contribution is -0.135. The highest BCUT2D eigenvalue weighted by atomic mass is 16.2. The lowest BCUT2D eigenvalue weighted by Gasteiger charge is -2.32. The zero-order valence-corrected chi connectivity index (χ0v) is 11.8. The second-order valence-corrected chi connectivity index (χ2v) is 5.28. The van der Waals surface area contributed by atoms with Crippen molar-refractivity contribution in [3.8, 4) is 6.07 Å². The molecular weight excluding hydrogens is 252 g/mol. The number of carbonyl (C=O) groups excluding carboxylic acids is 2. The molecule has 1 saturated heterocycles. The molecule has 2 atom stereocenters. The Morgan fingerprint density at radius 2 is 2.25 bits per heavy atom. The zero-order valence-electron chi connectivity index (χ0n) is 11.8. The number of benzene rings is 1. The first-order valence-corrected chi connectivity index (χ1v) is 6.86. The van der Waals surface area contributed by atoms with Crippen LogP contribution in [0.1, 0.15) is 25.3 Å². The van der Waals surface area contributed by atoms with E-state index >= 15 is 0 Å². The van der Waals surface area contributed by atoms with Gasteiger partial charge in [0, 0.05) is 12.2 Å². The molecule has 20 heavy (non-hydrogen) atoms. The molecule has 1 aromatic carbocycles. The van der Waals surface area contributed by atoms with Crippen molar-refractivity contribution in [2.75, 3.05) is 11.4 Å². The Morgan fingerprint density at radius 3 is 2.90 bits per heavy atom. The molecule has 0 aromatic heterocycles. The van der Waals surface area contributed by atoms with Crippen LogP contribution in [0.15, 0.2) is 24.3 Å². The Kier molecular flexibility index (Phi) is 4.19. The highest BCUT2D eigenvalue weighted by Crippen LogP contribution is 2.27. The number of Topliss-reactive ketones (excluding diaryl/α,β-unsaturated/α-hetero) is 1. The number of nitriles is 1. The second kappa shape index (κ2) is 5.87. The van der Waals surface area contributed by atoms with E-state index in [0.717, 1.165) is 17.7 Å². The van der Waals surface area contributed by atoms with E-state index in [1.165, 1.54) is 0 Å². The molecule has 104 valence electrons. The molecule has 0 radical (unpaired) electrons. The van der Waals surface area contributed by atoms with Crippen LogP contribution in [-0.4, -0.2) is 18.2 Å². The minimum Gasteiger partial charge on any atom is -0.312 e. The van der Waals surface area contributed by atoms with Crippen LogP contribution >= 0.6 is 0 Å². The summed E-state index contributed by atoms with van der Waals surface area (Å²) in [6.07, 6.45) is 1.33. The number of rotatable bonds is 3. The Hall–Kier alpha value is -2.15. The maximum atomic E-state index is 12.5. The van der Waals surface area contributed by atoms with E-state index in [4.69, 9.17) is 5.26 Å². The quantitative estimate of drug-likeness (QED) is 0.793. The van der Waals surface area contributed by atoms with E-state index < -0.39 is 11.8 Å². The minimum absolute atomic E-state index is 0.172. The molecule has 2 rings (SSSR count). The maximum absolute atomic E-state index is 12.5. The van der Waals surface area contributed by atoms with Gasteiger partial charge in [-0.2, -0.15) is 5.26 Å². The van der Waals surface area contributed by atoms with Crippen LogP contribution in [0.5, 0.6) is 0 Å². The number of nitrogens with zero attached hydrogens (tertiary/aromatic N) is 2. The first-order chi connectivity index (χ1) is 9.54. The van der Waals surface area contributed by atoms with E-state index in [0.29, 0.717) is 13.0 Å². The SMILES string of the molecule is Cc1cccc(N2CCC[C@@H](C(=O)[C@@H](C)C#N)C2=O)c1. The smallest absolute Gasteiger partial charge is 0.237 e. The van der Waals surface area contributed by atoms with Crippen molar-refractivity contribution in [1.82, 2.24) is 0 Å².